The van der Waals surface area contributed by atoms with Crippen LogP contribution in [0.15, 0.2) is 0 Å². The Balaban J connectivity index is 2.47. The van der Waals surface area contributed by atoms with E-state index in [1.807, 2.05) is 4.90 Å². The monoisotopic (exact) mass is 272 g/mol. The Morgan fingerprint density at radius 2 is 2.11 bits per heavy atom. The number of amides is 1. The van der Waals surface area contributed by atoms with Gasteiger partial charge in [0.25, 0.3) is 0 Å². The molecule has 0 bridgehead atoms. The summed E-state index contributed by atoms with van der Waals surface area (Å²) in [6, 6.07) is 0.788. The zero-order valence-electron chi connectivity index (χ0n) is 12.5. The van der Waals surface area contributed by atoms with Gasteiger partial charge in [0.05, 0.1) is 5.75 Å². The lowest BCUT2D eigenvalue weighted by Crippen LogP contribution is -2.45. The van der Waals surface area contributed by atoms with Crippen molar-refractivity contribution < 1.29 is 4.79 Å². The van der Waals surface area contributed by atoms with E-state index >= 15 is 0 Å². The first-order chi connectivity index (χ1) is 8.29. The summed E-state index contributed by atoms with van der Waals surface area (Å²) in [5, 5.41) is 3.47. The first-order valence-corrected chi connectivity index (χ1v) is 7.95. The molecule has 1 unspecified atom stereocenters. The fraction of sp³-hybridized carbons (Fsp3) is 0.929. The number of hydrogen-bond acceptors (Lipinski definition) is 3. The number of nitrogens with zero attached hydrogens (tertiary/aromatic N) is 1. The molecule has 0 aromatic rings. The third-order valence-corrected chi connectivity index (χ3v) is 4.41. The van der Waals surface area contributed by atoms with Crippen molar-refractivity contribution in [2.75, 3.05) is 18.8 Å². The molecular weight excluding hydrogens is 244 g/mol. The second-order valence-electron chi connectivity index (χ2n) is 6.33. The maximum Gasteiger partial charge on any atom is 0.232 e. The van der Waals surface area contributed by atoms with Gasteiger partial charge >= 0.3 is 0 Å². The summed E-state index contributed by atoms with van der Waals surface area (Å²) in [4.78, 5) is 14.3. The molecule has 1 fully saturated rings. The first kappa shape index (κ1) is 15.8. The van der Waals surface area contributed by atoms with Crippen molar-refractivity contribution in [3.8, 4) is 0 Å². The highest BCUT2D eigenvalue weighted by atomic mass is 32.2. The van der Waals surface area contributed by atoms with E-state index in [4.69, 9.17) is 0 Å². The third kappa shape index (κ3) is 5.61. The molecule has 3 nitrogen and oxygen atoms in total. The fourth-order valence-electron chi connectivity index (χ4n) is 2.11. The molecule has 106 valence electrons. The summed E-state index contributed by atoms with van der Waals surface area (Å²) >= 11 is 1.73. The number of hydrogen-bond donors (Lipinski definition) is 1. The predicted molar refractivity (Wildman–Crippen MR) is 80.1 cm³/mol. The summed E-state index contributed by atoms with van der Waals surface area (Å²) in [7, 11) is 0. The molecule has 1 N–H and O–H groups in total. The molecule has 0 aromatic heterocycles. The van der Waals surface area contributed by atoms with Gasteiger partial charge in [-0.3, -0.25) is 4.79 Å². The Labute approximate surface area is 116 Å². The Morgan fingerprint density at radius 3 is 2.56 bits per heavy atom. The normalized spacial score (nSPS) is 20.4. The fourth-order valence-corrected chi connectivity index (χ4v) is 2.83. The maximum atomic E-state index is 12.3. The van der Waals surface area contributed by atoms with Crippen LogP contribution in [-0.4, -0.2) is 46.5 Å². The summed E-state index contributed by atoms with van der Waals surface area (Å²) in [6.45, 7) is 12.6. The van der Waals surface area contributed by atoms with Crippen molar-refractivity contribution in [2.24, 2.45) is 0 Å². The van der Waals surface area contributed by atoms with Crippen LogP contribution in [0.3, 0.4) is 0 Å². The van der Waals surface area contributed by atoms with E-state index in [-0.39, 0.29) is 10.7 Å². The van der Waals surface area contributed by atoms with Gasteiger partial charge in [-0.1, -0.05) is 20.8 Å². The van der Waals surface area contributed by atoms with Crippen LogP contribution in [-0.2, 0) is 4.79 Å². The van der Waals surface area contributed by atoms with Crippen molar-refractivity contribution in [1.82, 2.24) is 10.2 Å². The largest absolute Gasteiger partial charge is 0.338 e. The predicted octanol–water partition coefficient (Wildman–Crippen LogP) is 2.51. The molecular formula is C14H28N2OS. The second kappa shape index (κ2) is 6.80. The average Bonchev–Trinajstić information content (AvgIpc) is 2.73. The second-order valence-corrected chi connectivity index (χ2v) is 8.14. The maximum absolute atomic E-state index is 12.3. The summed E-state index contributed by atoms with van der Waals surface area (Å²) in [6.07, 6.45) is 2.43. The first-order valence-electron chi connectivity index (χ1n) is 6.96. The smallest absolute Gasteiger partial charge is 0.232 e. The quantitative estimate of drug-likeness (QED) is 0.834. The number of carbonyl (C=O) groups excluding carboxylic acids is 1. The van der Waals surface area contributed by atoms with Crippen LogP contribution in [0.5, 0.6) is 0 Å². The van der Waals surface area contributed by atoms with Crippen molar-refractivity contribution in [2.45, 2.75) is 64.3 Å². The molecule has 0 radical (unpaired) electrons. The minimum atomic E-state index is 0.157. The van der Waals surface area contributed by atoms with Gasteiger partial charge < -0.3 is 10.2 Å². The van der Waals surface area contributed by atoms with Crippen LogP contribution < -0.4 is 5.32 Å². The van der Waals surface area contributed by atoms with Crippen molar-refractivity contribution in [3.63, 3.8) is 0 Å². The minimum Gasteiger partial charge on any atom is -0.338 e. The molecule has 1 atom stereocenters. The van der Waals surface area contributed by atoms with Gasteiger partial charge in [0.15, 0.2) is 0 Å². The van der Waals surface area contributed by atoms with Crippen LogP contribution >= 0.6 is 11.8 Å². The summed E-state index contributed by atoms with van der Waals surface area (Å²) in [5.41, 5.74) is 0. The Kier molecular flexibility index (Phi) is 5.99. The molecule has 0 aliphatic carbocycles. The van der Waals surface area contributed by atoms with Gasteiger partial charge in [0.1, 0.15) is 0 Å². The van der Waals surface area contributed by atoms with E-state index in [0.717, 1.165) is 13.1 Å². The van der Waals surface area contributed by atoms with E-state index in [1.165, 1.54) is 12.8 Å². The molecule has 0 aromatic carbocycles. The molecule has 1 heterocycles. The highest BCUT2D eigenvalue weighted by Gasteiger charge is 2.24. The Morgan fingerprint density at radius 1 is 1.44 bits per heavy atom. The molecule has 1 saturated heterocycles. The van der Waals surface area contributed by atoms with Gasteiger partial charge in [-0.05, 0) is 33.2 Å². The van der Waals surface area contributed by atoms with E-state index < -0.39 is 0 Å². The summed E-state index contributed by atoms with van der Waals surface area (Å²) in [5.74, 6) is 0.868. The SMILES string of the molecule is CC(C)N(CC1CCCN1)C(=O)CSC(C)(C)C. The lowest BCUT2D eigenvalue weighted by Gasteiger charge is -2.30. The van der Waals surface area contributed by atoms with Crippen molar-refractivity contribution in [3.05, 3.63) is 0 Å². The zero-order valence-corrected chi connectivity index (χ0v) is 13.3. The number of rotatable bonds is 5. The van der Waals surface area contributed by atoms with Gasteiger partial charge in [0.2, 0.25) is 5.91 Å². The number of thioether (sulfide) groups is 1. The van der Waals surface area contributed by atoms with E-state index in [2.05, 4.69) is 39.9 Å². The Hall–Kier alpha value is -0.220. The molecule has 18 heavy (non-hydrogen) atoms. The highest BCUT2D eigenvalue weighted by molar-refractivity contribution is 8.01. The standard InChI is InChI=1S/C14H28N2OS/c1-11(2)16(9-12-7-6-8-15-12)13(17)10-18-14(3,4)5/h11-12,15H,6-10H2,1-5H3. The minimum absolute atomic E-state index is 0.157. The molecule has 4 heteroatoms. The lowest BCUT2D eigenvalue weighted by molar-refractivity contribution is -0.130. The van der Waals surface area contributed by atoms with Crippen LogP contribution in [0.4, 0.5) is 0 Å². The lowest BCUT2D eigenvalue weighted by atomic mass is 10.2. The van der Waals surface area contributed by atoms with Crippen LogP contribution in [0, 0.1) is 0 Å². The molecule has 1 rings (SSSR count). The van der Waals surface area contributed by atoms with E-state index in [9.17, 15) is 4.79 Å². The van der Waals surface area contributed by atoms with Crippen LogP contribution in [0.2, 0.25) is 0 Å². The van der Waals surface area contributed by atoms with Gasteiger partial charge in [-0.25, -0.2) is 0 Å². The van der Waals surface area contributed by atoms with Gasteiger partial charge in [-0.2, -0.15) is 0 Å². The summed E-state index contributed by atoms with van der Waals surface area (Å²) < 4.78 is 0.157. The van der Waals surface area contributed by atoms with Crippen molar-refractivity contribution >= 4 is 17.7 Å². The molecule has 1 aliphatic rings. The highest BCUT2D eigenvalue weighted by Crippen LogP contribution is 2.23. The van der Waals surface area contributed by atoms with E-state index in [1.54, 1.807) is 11.8 Å². The molecule has 0 saturated carbocycles. The van der Waals surface area contributed by atoms with Crippen LogP contribution in [0.1, 0.15) is 47.5 Å². The Bertz CT molecular complexity index is 267. The number of nitrogens with one attached hydrogen (secondary N) is 1. The van der Waals surface area contributed by atoms with Crippen LogP contribution in [0.25, 0.3) is 0 Å². The topological polar surface area (TPSA) is 32.3 Å². The van der Waals surface area contributed by atoms with E-state index in [0.29, 0.717) is 17.8 Å². The number of carbonyl (C=O) groups is 1. The van der Waals surface area contributed by atoms with Gasteiger partial charge in [0, 0.05) is 23.4 Å². The van der Waals surface area contributed by atoms with Gasteiger partial charge in [-0.15, -0.1) is 11.8 Å². The third-order valence-electron chi connectivity index (χ3n) is 3.15. The zero-order chi connectivity index (χ0) is 13.8. The molecule has 1 amide bonds. The van der Waals surface area contributed by atoms with Crippen molar-refractivity contribution in [1.29, 1.82) is 0 Å². The molecule has 0 spiro atoms. The molecule has 1 aliphatic heterocycles. The average molecular weight is 272 g/mol.